The molecule has 498 valence electrons. The second-order valence-electron chi connectivity index (χ2n) is 24.5. The molecule has 0 aliphatic carbocycles. The molecule has 2 unspecified atom stereocenters. The van der Waals surface area contributed by atoms with Crippen molar-refractivity contribution >= 4 is 39.5 Å². The quantitative estimate of drug-likeness (QED) is 0.0222. The zero-order valence-corrected chi connectivity index (χ0v) is 56.0. The monoisotopic (exact) mass is 1240 g/mol. The van der Waals surface area contributed by atoms with Crippen molar-refractivity contribution in [2.24, 2.45) is 11.8 Å². The van der Waals surface area contributed by atoms with Gasteiger partial charge in [0.2, 0.25) is 0 Å². The molecule has 0 saturated carbocycles. The Morgan fingerprint density at radius 2 is 0.548 bits per heavy atom. The van der Waals surface area contributed by atoms with E-state index >= 15 is 0 Å². The average molecular weight is 1240 g/mol. The van der Waals surface area contributed by atoms with Crippen LogP contribution in [0.3, 0.4) is 0 Å². The molecular formula is C65H126O17P2. The van der Waals surface area contributed by atoms with E-state index in [2.05, 4.69) is 41.5 Å². The molecule has 0 aromatic heterocycles. The van der Waals surface area contributed by atoms with Gasteiger partial charge in [0.15, 0.2) is 12.2 Å². The van der Waals surface area contributed by atoms with Crippen molar-refractivity contribution in [2.45, 2.75) is 342 Å². The van der Waals surface area contributed by atoms with Crippen LogP contribution in [0.4, 0.5) is 0 Å². The predicted octanol–water partition coefficient (Wildman–Crippen LogP) is 18.0. The topological polar surface area (TPSA) is 237 Å². The first kappa shape index (κ1) is 82.1. The maximum absolute atomic E-state index is 13.0. The van der Waals surface area contributed by atoms with Gasteiger partial charge in [-0.05, 0) is 37.5 Å². The number of esters is 4. The Labute approximate surface area is 511 Å². The first-order valence-corrected chi connectivity index (χ1v) is 37.0. The lowest BCUT2D eigenvalue weighted by atomic mass is 10.0. The van der Waals surface area contributed by atoms with Crippen molar-refractivity contribution in [3.8, 4) is 0 Å². The second kappa shape index (κ2) is 57.5. The third-order valence-corrected chi connectivity index (χ3v) is 16.9. The van der Waals surface area contributed by atoms with Crippen LogP contribution in [0.1, 0.15) is 324 Å². The number of phosphoric ester groups is 2. The van der Waals surface area contributed by atoms with Crippen molar-refractivity contribution in [3.63, 3.8) is 0 Å². The van der Waals surface area contributed by atoms with Gasteiger partial charge in [-0.15, -0.1) is 0 Å². The van der Waals surface area contributed by atoms with Crippen molar-refractivity contribution in [3.05, 3.63) is 0 Å². The van der Waals surface area contributed by atoms with Gasteiger partial charge in [-0.3, -0.25) is 37.3 Å². The summed E-state index contributed by atoms with van der Waals surface area (Å²) in [6.45, 7) is 9.40. The van der Waals surface area contributed by atoms with Gasteiger partial charge in [-0.1, -0.05) is 273 Å². The van der Waals surface area contributed by atoms with Gasteiger partial charge in [-0.25, -0.2) is 9.13 Å². The summed E-state index contributed by atoms with van der Waals surface area (Å²) >= 11 is 0. The van der Waals surface area contributed by atoms with E-state index in [0.29, 0.717) is 31.6 Å². The van der Waals surface area contributed by atoms with Crippen LogP contribution >= 0.6 is 15.6 Å². The SMILES string of the molecule is CCCCCCCCCCCCCCC(=O)OC[C@H](COP(=O)(O)OC[C@@H](O)COP(=O)(O)OC[C@@H](COC(=O)CCCCCCCCC(C)C)OC(=O)CCCCCCCCCCCCC)OC(=O)CCCCCCCCCCCC(C)C. The number of aliphatic hydroxyl groups is 1. The number of rotatable bonds is 64. The van der Waals surface area contributed by atoms with Gasteiger partial charge < -0.3 is 33.8 Å². The number of aliphatic hydroxyl groups excluding tert-OH is 1. The molecule has 0 aliphatic heterocycles. The summed E-state index contributed by atoms with van der Waals surface area (Å²) in [5.74, 6) is -0.716. The second-order valence-corrected chi connectivity index (χ2v) is 27.4. The molecule has 84 heavy (non-hydrogen) atoms. The molecule has 0 aromatic rings. The fourth-order valence-corrected chi connectivity index (χ4v) is 11.3. The highest BCUT2D eigenvalue weighted by Crippen LogP contribution is 2.45. The normalized spacial score (nSPS) is 14.3. The molecule has 0 radical (unpaired) electrons. The largest absolute Gasteiger partial charge is 0.472 e. The molecule has 0 fully saturated rings. The predicted molar refractivity (Wildman–Crippen MR) is 335 cm³/mol. The smallest absolute Gasteiger partial charge is 0.462 e. The Bertz CT molecular complexity index is 1650. The van der Waals surface area contributed by atoms with Crippen LogP contribution in [-0.4, -0.2) is 96.7 Å². The first-order chi connectivity index (χ1) is 40.4. The molecule has 17 nitrogen and oxygen atoms in total. The van der Waals surface area contributed by atoms with E-state index in [1.807, 2.05) is 0 Å². The van der Waals surface area contributed by atoms with Gasteiger partial charge in [0.05, 0.1) is 26.4 Å². The lowest BCUT2D eigenvalue weighted by molar-refractivity contribution is -0.161. The molecule has 0 aromatic carbocycles. The summed E-state index contributed by atoms with van der Waals surface area (Å²) in [6.07, 6.45) is 40.4. The maximum atomic E-state index is 13.0. The van der Waals surface area contributed by atoms with Gasteiger partial charge in [0.1, 0.15) is 19.3 Å². The fourth-order valence-electron chi connectivity index (χ4n) is 9.71. The molecule has 0 rings (SSSR count). The van der Waals surface area contributed by atoms with Crippen molar-refractivity contribution < 1.29 is 80.2 Å². The third kappa shape index (κ3) is 59.0. The van der Waals surface area contributed by atoms with Gasteiger partial charge in [0.25, 0.3) is 0 Å². The standard InChI is InChI=1S/C65H126O17P2/c1-7-9-11-13-15-17-19-21-24-28-35-41-47-62(67)75-53-60(81-65(70)50-44-38-30-26-22-23-27-33-39-45-57(3)4)55-79-83(71,72)77-51-59(66)52-78-84(73,74)80-56-61(54-76-63(68)48-42-36-32-31-34-40-46-58(5)6)82-64(69)49-43-37-29-25-20-18-16-14-12-10-8-2/h57-61,66H,7-56H2,1-6H3,(H,71,72)(H,73,74)/t59-,60-,61-/m1/s1. The van der Waals surface area contributed by atoms with Crippen molar-refractivity contribution in [2.75, 3.05) is 39.6 Å². The molecule has 0 heterocycles. The minimum Gasteiger partial charge on any atom is -0.462 e. The van der Waals surface area contributed by atoms with Crippen LogP contribution in [-0.2, 0) is 65.4 Å². The number of carbonyl (C=O) groups excluding carboxylic acids is 4. The molecule has 3 N–H and O–H groups in total. The Kier molecular flexibility index (Phi) is 56.2. The number of ether oxygens (including phenoxy) is 4. The van der Waals surface area contributed by atoms with E-state index in [4.69, 9.17) is 37.0 Å². The molecule has 0 aliphatic rings. The summed E-state index contributed by atoms with van der Waals surface area (Å²) in [7, 11) is -9.89. The van der Waals surface area contributed by atoms with E-state index in [0.717, 1.165) is 102 Å². The van der Waals surface area contributed by atoms with Crippen LogP contribution < -0.4 is 0 Å². The Balaban J connectivity index is 5.24. The highest BCUT2D eigenvalue weighted by atomic mass is 31.2. The number of hydrogen-bond acceptors (Lipinski definition) is 15. The van der Waals surface area contributed by atoms with Gasteiger partial charge in [0, 0.05) is 25.7 Å². The summed E-state index contributed by atoms with van der Waals surface area (Å²) in [4.78, 5) is 72.2. The maximum Gasteiger partial charge on any atom is 0.472 e. The summed E-state index contributed by atoms with van der Waals surface area (Å²) in [5.41, 5.74) is 0. The summed E-state index contributed by atoms with van der Waals surface area (Å²) in [5, 5.41) is 10.5. The molecule has 0 bridgehead atoms. The highest BCUT2D eigenvalue weighted by Gasteiger charge is 2.30. The lowest BCUT2D eigenvalue weighted by Crippen LogP contribution is -2.30. The third-order valence-electron chi connectivity index (χ3n) is 15.0. The van der Waals surface area contributed by atoms with Gasteiger partial charge >= 0.3 is 39.5 Å². The van der Waals surface area contributed by atoms with E-state index in [-0.39, 0.29) is 25.7 Å². The molecule has 19 heteroatoms. The van der Waals surface area contributed by atoms with Gasteiger partial charge in [-0.2, -0.15) is 0 Å². The minimum absolute atomic E-state index is 0.105. The number of hydrogen-bond donors (Lipinski definition) is 3. The Hall–Kier alpha value is -1.94. The zero-order valence-electron chi connectivity index (χ0n) is 54.2. The molecule has 5 atom stereocenters. The van der Waals surface area contributed by atoms with E-state index in [1.54, 1.807) is 0 Å². The van der Waals surface area contributed by atoms with Crippen LogP contribution in [0, 0.1) is 11.8 Å². The summed E-state index contributed by atoms with van der Waals surface area (Å²) < 4.78 is 68.0. The number of phosphoric acid groups is 2. The van der Waals surface area contributed by atoms with E-state index < -0.39 is 97.5 Å². The Morgan fingerprint density at radius 3 is 0.810 bits per heavy atom. The summed E-state index contributed by atoms with van der Waals surface area (Å²) in [6, 6.07) is 0. The molecule has 0 spiro atoms. The Morgan fingerprint density at radius 1 is 0.321 bits per heavy atom. The average Bonchev–Trinajstić information content (AvgIpc) is 3.49. The van der Waals surface area contributed by atoms with Crippen LogP contribution in [0.2, 0.25) is 0 Å². The van der Waals surface area contributed by atoms with E-state index in [9.17, 15) is 43.2 Å². The molecule has 0 amide bonds. The first-order valence-electron chi connectivity index (χ1n) is 34.0. The van der Waals surface area contributed by atoms with Crippen LogP contribution in [0.5, 0.6) is 0 Å². The molecule has 0 saturated heterocycles. The van der Waals surface area contributed by atoms with Crippen LogP contribution in [0.25, 0.3) is 0 Å². The van der Waals surface area contributed by atoms with Crippen molar-refractivity contribution in [1.82, 2.24) is 0 Å². The van der Waals surface area contributed by atoms with Crippen LogP contribution in [0.15, 0.2) is 0 Å². The van der Waals surface area contributed by atoms with E-state index in [1.165, 1.54) is 135 Å². The molecular weight excluding hydrogens is 1110 g/mol. The lowest BCUT2D eigenvalue weighted by Gasteiger charge is -2.21. The number of unbranched alkanes of at least 4 members (excludes halogenated alkanes) is 34. The highest BCUT2D eigenvalue weighted by molar-refractivity contribution is 7.47. The number of carbonyl (C=O) groups is 4. The fraction of sp³-hybridized carbons (Fsp3) is 0.938. The zero-order chi connectivity index (χ0) is 62.2. The van der Waals surface area contributed by atoms with Crippen molar-refractivity contribution in [1.29, 1.82) is 0 Å². The minimum atomic E-state index is -4.94.